The number of ether oxygens (including phenoxy) is 2. The Hall–Kier alpha value is -2.61. The number of carbonyl (C=O) groups excluding carboxylic acids is 1. The molecule has 0 unspecified atom stereocenters. The Morgan fingerprint density at radius 3 is 2.53 bits per heavy atom. The van der Waals surface area contributed by atoms with Gasteiger partial charge in [-0.25, -0.2) is 9.18 Å². The smallest absolute Gasteiger partial charge is 0.407 e. The summed E-state index contributed by atoms with van der Waals surface area (Å²) < 4.78 is 26.0. The van der Waals surface area contributed by atoms with Gasteiger partial charge in [0.1, 0.15) is 17.2 Å². The van der Waals surface area contributed by atoms with Crippen LogP contribution >= 0.6 is 0 Å². The number of amides is 1. The van der Waals surface area contributed by atoms with E-state index in [1.54, 1.807) is 10.6 Å². The molecule has 7 nitrogen and oxygen atoms in total. The second-order valence-electron chi connectivity index (χ2n) is 8.63. The van der Waals surface area contributed by atoms with Crippen molar-refractivity contribution in [2.75, 3.05) is 26.7 Å². The fourth-order valence-corrected chi connectivity index (χ4v) is 3.74. The number of rotatable bonds is 5. The van der Waals surface area contributed by atoms with Gasteiger partial charge in [0, 0.05) is 43.7 Å². The Labute approximate surface area is 175 Å². The van der Waals surface area contributed by atoms with Crippen LogP contribution in [-0.2, 0) is 11.3 Å². The highest BCUT2D eigenvalue weighted by Crippen LogP contribution is 2.24. The van der Waals surface area contributed by atoms with Gasteiger partial charge in [0.25, 0.3) is 5.56 Å². The minimum absolute atomic E-state index is 0.0785. The summed E-state index contributed by atoms with van der Waals surface area (Å²) in [5.74, 6) is 0.0539. The second kappa shape index (κ2) is 9.04. The van der Waals surface area contributed by atoms with Gasteiger partial charge in [-0.2, -0.15) is 0 Å². The lowest BCUT2D eigenvalue weighted by atomic mass is 10.1. The summed E-state index contributed by atoms with van der Waals surface area (Å²) >= 11 is 0. The van der Waals surface area contributed by atoms with Crippen molar-refractivity contribution in [3.8, 4) is 5.75 Å². The molecule has 8 heteroatoms. The number of halogens is 1. The number of hydrogen-bond donors (Lipinski definition) is 1. The van der Waals surface area contributed by atoms with Crippen molar-refractivity contribution >= 4 is 17.0 Å². The Morgan fingerprint density at radius 2 is 1.90 bits per heavy atom. The van der Waals surface area contributed by atoms with Crippen molar-refractivity contribution in [2.24, 2.45) is 0 Å². The monoisotopic (exact) mass is 419 g/mol. The molecule has 1 aliphatic heterocycles. The van der Waals surface area contributed by atoms with E-state index in [1.807, 2.05) is 20.8 Å². The fraction of sp³-hybridized carbons (Fsp3) is 0.545. The molecular formula is C22H30FN3O4. The molecule has 0 saturated carbocycles. The van der Waals surface area contributed by atoms with E-state index < -0.39 is 11.4 Å². The number of nitrogens with one attached hydrogen (secondary N) is 1. The van der Waals surface area contributed by atoms with Gasteiger partial charge in [-0.15, -0.1) is 0 Å². The minimum atomic E-state index is -0.515. The van der Waals surface area contributed by atoms with Gasteiger partial charge in [0.15, 0.2) is 0 Å². The van der Waals surface area contributed by atoms with Gasteiger partial charge in [0.05, 0.1) is 12.6 Å². The van der Waals surface area contributed by atoms with Crippen LogP contribution in [0.3, 0.4) is 0 Å². The summed E-state index contributed by atoms with van der Waals surface area (Å²) in [5.41, 5.74) is -0.203. The lowest BCUT2D eigenvalue weighted by Crippen LogP contribution is -2.46. The topological polar surface area (TPSA) is 72.8 Å². The third kappa shape index (κ3) is 5.50. The quantitative estimate of drug-likeness (QED) is 0.806. The summed E-state index contributed by atoms with van der Waals surface area (Å²) in [5, 5.41) is 3.63. The molecule has 1 N–H and O–H groups in total. The molecule has 0 atom stereocenters. The molecule has 1 aromatic heterocycles. The van der Waals surface area contributed by atoms with Crippen molar-refractivity contribution in [1.29, 1.82) is 0 Å². The van der Waals surface area contributed by atoms with E-state index in [4.69, 9.17) is 9.47 Å². The zero-order valence-corrected chi connectivity index (χ0v) is 18.0. The summed E-state index contributed by atoms with van der Waals surface area (Å²) in [6.07, 6.45) is 1.23. The van der Waals surface area contributed by atoms with Crippen LogP contribution in [0.2, 0.25) is 0 Å². The average molecular weight is 419 g/mol. The predicted molar refractivity (Wildman–Crippen MR) is 114 cm³/mol. The number of benzene rings is 1. The number of fused-ring (bicyclic) bond motifs is 1. The Kier molecular flexibility index (Phi) is 6.65. The molecule has 3 rings (SSSR count). The van der Waals surface area contributed by atoms with E-state index in [2.05, 4.69) is 10.2 Å². The number of aromatic nitrogens is 1. The van der Waals surface area contributed by atoms with Crippen molar-refractivity contribution in [1.82, 2.24) is 14.8 Å². The minimum Gasteiger partial charge on any atom is -0.496 e. The van der Waals surface area contributed by atoms with Gasteiger partial charge in [-0.1, -0.05) is 0 Å². The number of methoxy groups -OCH3 is 1. The van der Waals surface area contributed by atoms with Gasteiger partial charge in [0.2, 0.25) is 0 Å². The number of alkyl carbamates (subject to hydrolysis) is 1. The summed E-state index contributed by atoms with van der Waals surface area (Å²) in [7, 11) is 1.50. The maximum absolute atomic E-state index is 13.8. The van der Waals surface area contributed by atoms with E-state index >= 15 is 0 Å². The summed E-state index contributed by atoms with van der Waals surface area (Å²) in [6, 6.07) is 5.89. The van der Waals surface area contributed by atoms with Crippen LogP contribution in [-0.4, -0.2) is 53.9 Å². The van der Waals surface area contributed by atoms with Crippen molar-refractivity contribution in [3.05, 3.63) is 40.4 Å². The largest absolute Gasteiger partial charge is 0.496 e. The van der Waals surface area contributed by atoms with Crippen LogP contribution in [0.1, 0.15) is 33.6 Å². The molecule has 1 saturated heterocycles. The molecular weight excluding hydrogens is 389 g/mol. The van der Waals surface area contributed by atoms with E-state index in [0.717, 1.165) is 25.9 Å². The summed E-state index contributed by atoms with van der Waals surface area (Å²) in [6.45, 7) is 8.24. The molecule has 0 spiro atoms. The van der Waals surface area contributed by atoms with E-state index in [1.165, 1.54) is 25.3 Å². The van der Waals surface area contributed by atoms with Crippen molar-refractivity contribution in [2.45, 2.75) is 51.8 Å². The summed E-state index contributed by atoms with van der Waals surface area (Å²) in [4.78, 5) is 26.7. The number of likely N-dealkylation sites (tertiary alicyclic amines) is 1. The van der Waals surface area contributed by atoms with Gasteiger partial charge < -0.3 is 24.3 Å². The van der Waals surface area contributed by atoms with Crippen LogP contribution in [0.4, 0.5) is 9.18 Å². The molecule has 1 amide bonds. The maximum Gasteiger partial charge on any atom is 0.407 e. The first-order valence-corrected chi connectivity index (χ1v) is 10.3. The number of nitrogens with zero attached hydrogens (tertiary/aromatic N) is 2. The first kappa shape index (κ1) is 22.1. The zero-order chi connectivity index (χ0) is 21.9. The van der Waals surface area contributed by atoms with Crippen LogP contribution in [0, 0.1) is 5.82 Å². The third-order valence-corrected chi connectivity index (χ3v) is 5.20. The first-order valence-electron chi connectivity index (χ1n) is 10.3. The van der Waals surface area contributed by atoms with Crippen LogP contribution in [0.25, 0.3) is 10.9 Å². The third-order valence-electron chi connectivity index (χ3n) is 5.20. The van der Waals surface area contributed by atoms with Crippen molar-refractivity contribution in [3.63, 3.8) is 0 Å². The predicted octanol–water partition coefficient (Wildman–Crippen LogP) is 3.14. The molecule has 0 radical (unpaired) electrons. The zero-order valence-electron chi connectivity index (χ0n) is 18.0. The van der Waals surface area contributed by atoms with E-state index in [0.29, 0.717) is 29.7 Å². The highest BCUT2D eigenvalue weighted by atomic mass is 19.1. The lowest BCUT2D eigenvalue weighted by Gasteiger charge is -2.33. The van der Waals surface area contributed by atoms with Crippen molar-refractivity contribution < 1.29 is 18.7 Å². The highest BCUT2D eigenvalue weighted by molar-refractivity contribution is 5.85. The van der Waals surface area contributed by atoms with Gasteiger partial charge >= 0.3 is 6.09 Å². The van der Waals surface area contributed by atoms with E-state index in [9.17, 15) is 14.0 Å². The number of pyridine rings is 1. The molecule has 164 valence electrons. The molecule has 0 bridgehead atoms. The van der Waals surface area contributed by atoms with Crippen LogP contribution in [0.15, 0.2) is 29.1 Å². The molecule has 0 aliphatic carbocycles. The Bertz CT molecular complexity index is 959. The molecule has 1 fully saturated rings. The SMILES string of the molecule is COc1cc(=O)n(CCN2CCC(NC(=O)OC(C)(C)C)CC2)c2cc(F)ccc12. The molecule has 1 aliphatic rings. The molecule has 1 aromatic carbocycles. The number of piperidine rings is 1. The van der Waals surface area contributed by atoms with Gasteiger partial charge in [-0.05, 0) is 51.8 Å². The number of hydrogen-bond acceptors (Lipinski definition) is 5. The normalized spacial score (nSPS) is 15.9. The average Bonchev–Trinajstić information content (AvgIpc) is 2.66. The van der Waals surface area contributed by atoms with Gasteiger partial charge in [-0.3, -0.25) is 4.79 Å². The lowest BCUT2D eigenvalue weighted by molar-refractivity contribution is 0.0478. The molecule has 2 heterocycles. The highest BCUT2D eigenvalue weighted by Gasteiger charge is 2.23. The maximum atomic E-state index is 13.8. The fourth-order valence-electron chi connectivity index (χ4n) is 3.74. The molecule has 30 heavy (non-hydrogen) atoms. The Morgan fingerprint density at radius 1 is 1.20 bits per heavy atom. The number of carbonyl (C=O) groups is 1. The first-order chi connectivity index (χ1) is 14.2. The van der Waals surface area contributed by atoms with Crippen LogP contribution < -0.4 is 15.6 Å². The Balaban J connectivity index is 1.60. The van der Waals surface area contributed by atoms with E-state index in [-0.39, 0.29) is 17.7 Å². The standard InChI is InChI=1S/C22H30FN3O4/c1-22(2,3)30-21(28)24-16-7-9-25(10-8-16)11-12-26-18-13-15(23)5-6-17(18)19(29-4)14-20(26)27/h5-6,13-14,16H,7-12H2,1-4H3,(H,24,28). The second-order valence-corrected chi connectivity index (χ2v) is 8.63. The molecule has 2 aromatic rings. The van der Waals surface area contributed by atoms with Crippen LogP contribution in [0.5, 0.6) is 5.75 Å².